The maximum atomic E-state index is 12.6. The molecule has 0 aliphatic rings. The molecule has 0 saturated heterocycles. The second kappa shape index (κ2) is 7.04. The van der Waals surface area contributed by atoms with Crippen LogP contribution in [0.5, 0.6) is 0 Å². The van der Waals surface area contributed by atoms with E-state index >= 15 is 0 Å². The minimum Gasteiger partial charge on any atom is -0.308 e. The molecule has 0 bridgehead atoms. The molecule has 0 saturated carbocycles. The van der Waals surface area contributed by atoms with Crippen molar-refractivity contribution in [3.8, 4) is 0 Å². The molecule has 1 unspecified atom stereocenters. The molecule has 0 rings (SSSR count). The summed E-state index contributed by atoms with van der Waals surface area (Å²) in [5, 5.41) is 2.50. The molecule has 1 N–H and O–H groups in total. The van der Waals surface area contributed by atoms with E-state index in [0.29, 0.717) is 6.42 Å². The van der Waals surface area contributed by atoms with Gasteiger partial charge in [0.05, 0.1) is 6.54 Å². The van der Waals surface area contributed by atoms with Crippen LogP contribution >= 0.6 is 0 Å². The number of rotatable bonds is 8. The maximum Gasteiger partial charge on any atom is 0.319 e. The van der Waals surface area contributed by atoms with Gasteiger partial charge in [-0.05, 0) is 12.8 Å². The molecule has 0 fully saturated rings. The van der Waals surface area contributed by atoms with Gasteiger partial charge in [-0.2, -0.15) is 8.78 Å². The van der Waals surface area contributed by atoms with Gasteiger partial charge >= 0.3 is 12.3 Å². The molecule has 0 aliphatic heterocycles. The monoisotopic (exact) mass is 229 g/mol. The predicted molar refractivity (Wildman–Crippen MR) is 52.6 cm³/mol. The first-order valence-electron chi connectivity index (χ1n) is 5.33. The zero-order chi connectivity index (χ0) is 11.9. The molecular formula is C10H19F4N. The molecule has 15 heavy (non-hydrogen) atoms. The lowest BCUT2D eigenvalue weighted by Gasteiger charge is -2.21. The maximum absolute atomic E-state index is 12.6. The van der Waals surface area contributed by atoms with E-state index < -0.39 is 18.9 Å². The SMILES string of the molecule is CCCCC(CC)NCC(F)(F)C(F)F. The van der Waals surface area contributed by atoms with Crippen molar-refractivity contribution in [2.45, 2.75) is 57.9 Å². The van der Waals surface area contributed by atoms with Crippen molar-refractivity contribution in [3.63, 3.8) is 0 Å². The van der Waals surface area contributed by atoms with Crippen molar-refractivity contribution in [1.82, 2.24) is 5.32 Å². The summed E-state index contributed by atoms with van der Waals surface area (Å²) in [5.41, 5.74) is 0. The molecule has 0 radical (unpaired) electrons. The highest BCUT2D eigenvalue weighted by atomic mass is 19.3. The smallest absolute Gasteiger partial charge is 0.308 e. The van der Waals surface area contributed by atoms with Gasteiger partial charge in [-0.15, -0.1) is 0 Å². The number of hydrogen-bond donors (Lipinski definition) is 1. The van der Waals surface area contributed by atoms with E-state index in [-0.39, 0.29) is 6.04 Å². The van der Waals surface area contributed by atoms with Crippen molar-refractivity contribution >= 4 is 0 Å². The molecular weight excluding hydrogens is 210 g/mol. The second-order valence-electron chi connectivity index (χ2n) is 3.69. The summed E-state index contributed by atoms with van der Waals surface area (Å²) in [6, 6.07) is -0.0884. The lowest BCUT2D eigenvalue weighted by atomic mass is 10.1. The molecule has 92 valence electrons. The van der Waals surface area contributed by atoms with Crippen LogP contribution in [0.4, 0.5) is 17.6 Å². The Morgan fingerprint density at radius 3 is 2.20 bits per heavy atom. The average molecular weight is 229 g/mol. The van der Waals surface area contributed by atoms with Crippen molar-refractivity contribution in [2.75, 3.05) is 6.54 Å². The van der Waals surface area contributed by atoms with Crippen LogP contribution in [0.2, 0.25) is 0 Å². The summed E-state index contributed by atoms with van der Waals surface area (Å²) >= 11 is 0. The fraction of sp³-hybridized carbons (Fsp3) is 1.00. The standard InChI is InChI=1S/C10H19F4N/c1-3-5-6-8(4-2)15-7-10(13,14)9(11)12/h8-9,15H,3-7H2,1-2H3. The van der Waals surface area contributed by atoms with Gasteiger partial charge in [-0.3, -0.25) is 0 Å². The van der Waals surface area contributed by atoms with Gasteiger partial charge < -0.3 is 5.32 Å². The number of halogens is 4. The minimum absolute atomic E-state index is 0.0884. The molecule has 0 aliphatic carbocycles. The van der Waals surface area contributed by atoms with Crippen LogP contribution in [0.3, 0.4) is 0 Å². The zero-order valence-electron chi connectivity index (χ0n) is 9.20. The topological polar surface area (TPSA) is 12.0 Å². The first-order valence-corrected chi connectivity index (χ1v) is 5.33. The number of unbranched alkanes of at least 4 members (excludes halogenated alkanes) is 1. The van der Waals surface area contributed by atoms with Gasteiger partial charge in [0, 0.05) is 6.04 Å². The highest BCUT2D eigenvalue weighted by molar-refractivity contribution is 4.75. The number of hydrogen-bond acceptors (Lipinski definition) is 1. The van der Waals surface area contributed by atoms with Crippen LogP contribution in [-0.2, 0) is 0 Å². The Labute approximate surface area is 88.2 Å². The third-order valence-corrected chi connectivity index (χ3v) is 2.34. The first kappa shape index (κ1) is 14.7. The Kier molecular flexibility index (Phi) is 6.89. The van der Waals surface area contributed by atoms with E-state index in [9.17, 15) is 17.6 Å². The fourth-order valence-electron chi connectivity index (χ4n) is 1.26. The Bertz CT molecular complexity index is 162. The summed E-state index contributed by atoms with van der Waals surface area (Å²) < 4.78 is 48.8. The first-order chi connectivity index (χ1) is 6.94. The van der Waals surface area contributed by atoms with E-state index in [1.54, 1.807) is 0 Å². The number of nitrogens with one attached hydrogen (secondary N) is 1. The normalized spacial score (nSPS) is 14.6. The van der Waals surface area contributed by atoms with Gasteiger partial charge in [-0.25, -0.2) is 8.78 Å². The van der Waals surface area contributed by atoms with Gasteiger partial charge in [0.1, 0.15) is 0 Å². The van der Waals surface area contributed by atoms with Gasteiger partial charge in [0.2, 0.25) is 0 Å². The Balaban J connectivity index is 3.88. The van der Waals surface area contributed by atoms with E-state index in [4.69, 9.17) is 0 Å². The molecule has 0 aromatic rings. The summed E-state index contributed by atoms with van der Waals surface area (Å²) in [4.78, 5) is 0. The van der Waals surface area contributed by atoms with Crippen molar-refractivity contribution in [2.24, 2.45) is 0 Å². The van der Waals surface area contributed by atoms with E-state index in [0.717, 1.165) is 19.3 Å². The molecule has 5 heteroatoms. The lowest BCUT2D eigenvalue weighted by Crippen LogP contribution is -2.43. The molecule has 0 aromatic carbocycles. The van der Waals surface area contributed by atoms with Gasteiger partial charge in [0.25, 0.3) is 0 Å². The van der Waals surface area contributed by atoms with E-state index in [2.05, 4.69) is 5.32 Å². The van der Waals surface area contributed by atoms with Crippen molar-refractivity contribution in [1.29, 1.82) is 0 Å². The highest BCUT2D eigenvalue weighted by Gasteiger charge is 2.40. The minimum atomic E-state index is -3.92. The van der Waals surface area contributed by atoms with Crippen LogP contribution in [0.1, 0.15) is 39.5 Å². The summed E-state index contributed by atoms with van der Waals surface area (Å²) in [5.74, 6) is -3.92. The Hall–Kier alpha value is -0.320. The Morgan fingerprint density at radius 1 is 1.20 bits per heavy atom. The molecule has 1 atom stereocenters. The molecule has 0 spiro atoms. The highest BCUT2D eigenvalue weighted by Crippen LogP contribution is 2.22. The largest absolute Gasteiger partial charge is 0.319 e. The van der Waals surface area contributed by atoms with Crippen LogP contribution in [0.15, 0.2) is 0 Å². The quantitative estimate of drug-likeness (QED) is 0.629. The fourth-order valence-corrected chi connectivity index (χ4v) is 1.26. The number of alkyl halides is 4. The zero-order valence-corrected chi connectivity index (χ0v) is 9.20. The second-order valence-corrected chi connectivity index (χ2v) is 3.69. The average Bonchev–Trinajstić information content (AvgIpc) is 2.18. The molecule has 0 heterocycles. The predicted octanol–water partition coefficient (Wildman–Crippen LogP) is 3.45. The van der Waals surface area contributed by atoms with Gasteiger partial charge in [0.15, 0.2) is 0 Å². The van der Waals surface area contributed by atoms with Crippen LogP contribution < -0.4 is 5.32 Å². The molecule has 0 aromatic heterocycles. The third kappa shape index (κ3) is 5.97. The van der Waals surface area contributed by atoms with Crippen LogP contribution in [0, 0.1) is 0 Å². The van der Waals surface area contributed by atoms with E-state index in [1.165, 1.54) is 0 Å². The van der Waals surface area contributed by atoms with Crippen molar-refractivity contribution in [3.05, 3.63) is 0 Å². The lowest BCUT2D eigenvalue weighted by molar-refractivity contribution is -0.126. The molecule has 1 nitrogen and oxygen atoms in total. The van der Waals surface area contributed by atoms with Crippen LogP contribution in [-0.4, -0.2) is 24.9 Å². The van der Waals surface area contributed by atoms with Crippen LogP contribution in [0.25, 0.3) is 0 Å². The van der Waals surface area contributed by atoms with Crippen molar-refractivity contribution < 1.29 is 17.6 Å². The summed E-state index contributed by atoms with van der Waals surface area (Å²) in [6.45, 7) is 2.92. The Morgan fingerprint density at radius 2 is 1.80 bits per heavy atom. The van der Waals surface area contributed by atoms with E-state index in [1.807, 2.05) is 13.8 Å². The third-order valence-electron chi connectivity index (χ3n) is 2.34. The summed E-state index contributed by atoms with van der Waals surface area (Å²) in [6.07, 6.45) is -0.255. The molecule has 0 amide bonds. The van der Waals surface area contributed by atoms with Gasteiger partial charge in [-0.1, -0.05) is 26.7 Å². The summed E-state index contributed by atoms with van der Waals surface area (Å²) in [7, 11) is 0.